The molecule has 2 atom stereocenters. The molecule has 0 spiro atoms. The first-order chi connectivity index (χ1) is 10.0. The highest BCUT2D eigenvalue weighted by molar-refractivity contribution is 7.18. The molecule has 0 bridgehead atoms. The molecular weight excluding hydrogens is 282 g/mol. The van der Waals surface area contributed by atoms with Gasteiger partial charge in [0.2, 0.25) is 5.91 Å². The number of hydrogen-bond donors (Lipinski definition) is 1. The fraction of sp³-hybridized carbons (Fsp3) is 0.500. The van der Waals surface area contributed by atoms with Crippen LogP contribution in [-0.4, -0.2) is 35.4 Å². The van der Waals surface area contributed by atoms with Crippen molar-refractivity contribution in [3.8, 4) is 0 Å². The fourth-order valence-electron chi connectivity index (χ4n) is 2.04. The lowest BCUT2D eigenvalue weighted by Gasteiger charge is -2.23. The number of likely N-dealkylation sites (N-methyl/N-ethyl adjacent to an activating group) is 1. The Hall–Kier alpha value is -1.46. The molecule has 0 saturated carbocycles. The van der Waals surface area contributed by atoms with Crippen molar-refractivity contribution < 1.29 is 4.79 Å². The smallest absolute Gasteiger partial charge is 0.234 e. The zero-order valence-corrected chi connectivity index (χ0v) is 13.9. The predicted octanol–water partition coefficient (Wildman–Crippen LogP) is 3.20. The number of amides is 1. The summed E-state index contributed by atoms with van der Waals surface area (Å²) in [4.78, 5) is 18.7. The molecule has 0 aliphatic carbocycles. The van der Waals surface area contributed by atoms with E-state index in [4.69, 9.17) is 0 Å². The van der Waals surface area contributed by atoms with Gasteiger partial charge in [0.25, 0.3) is 0 Å². The summed E-state index contributed by atoms with van der Waals surface area (Å²) < 4.78 is 1.19. The summed E-state index contributed by atoms with van der Waals surface area (Å²) in [6.45, 7) is 6.57. The maximum Gasteiger partial charge on any atom is 0.234 e. The zero-order chi connectivity index (χ0) is 15.4. The van der Waals surface area contributed by atoms with Crippen LogP contribution in [0.1, 0.15) is 38.2 Å². The van der Waals surface area contributed by atoms with Crippen molar-refractivity contribution >= 4 is 27.5 Å². The highest BCUT2D eigenvalue weighted by atomic mass is 32.1. The Bertz CT molecular complexity index is 577. The summed E-state index contributed by atoms with van der Waals surface area (Å²) in [7, 11) is 1.97. The van der Waals surface area contributed by atoms with Gasteiger partial charge in [-0.05, 0) is 39.4 Å². The van der Waals surface area contributed by atoms with Gasteiger partial charge < -0.3 is 5.32 Å². The van der Waals surface area contributed by atoms with Gasteiger partial charge in [-0.1, -0.05) is 19.1 Å². The molecule has 2 rings (SSSR count). The molecule has 2 aromatic rings. The van der Waals surface area contributed by atoms with Crippen molar-refractivity contribution in [2.45, 2.75) is 39.3 Å². The van der Waals surface area contributed by atoms with E-state index in [2.05, 4.69) is 30.2 Å². The highest BCUT2D eigenvalue weighted by Crippen LogP contribution is 2.28. The second-order valence-corrected chi connectivity index (χ2v) is 6.55. The lowest BCUT2D eigenvalue weighted by atomic mass is 10.2. The summed E-state index contributed by atoms with van der Waals surface area (Å²) in [6, 6.07) is 8.49. The number of nitrogens with one attached hydrogen (secondary N) is 1. The van der Waals surface area contributed by atoms with Crippen LogP contribution in [0.4, 0.5) is 0 Å². The van der Waals surface area contributed by atoms with Gasteiger partial charge in [-0.3, -0.25) is 9.69 Å². The van der Waals surface area contributed by atoms with Gasteiger partial charge >= 0.3 is 0 Å². The Balaban J connectivity index is 2.01. The fourth-order valence-corrected chi connectivity index (χ4v) is 3.13. The van der Waals surface area contributed by atoms with Gasteiger partial charge in [-0.2, -0.15) is 0 Å². The number of aromatic nitrogens is 1. The quantitative estimate of drug-likeness (QED) is 0.891. The molecule has 0 saturated heterocycles. The van der Waals surface area contributed by atoms with Crippen LogP contribution in [-0.2, 0) is 4.79 Å². The van der Waals surface area contributed by atoms with E-state index in [0.717, 1.165) is 16.9 Å². The predicted molar refractivity (Wildman–Crippen MR) is 88.6 cm³/mol. The van der Waals surface area contributed by atoms with Crippen LogP contribution >= 0.6 is 11.3 Å². The summed E-state index contributed by atoms with van der Waals surface area (Å²) in [6.07, 6.45) is 0.947. The van der Waals surface area contributed by atoms with E-state index in [-0.39, 0.29) is 18.0 Å². The minimum atomic E-state index is 0.0693. The van der Waals surface area contributed by atoms with Crippen molar-refractivity contribution in [3.05, 3.63) is 29.3 Å². The average Bonchev–Trinajstić information content (AvgIpc) is 2.89. The largest absolute Gasteiger partial charge is 0.353 e. The van der Waals surface area contributed by atoms with E-state index in [9.17, 15) is 4.79 Å². The first-order valence-electron chi connectivity index (χ1n) is 7.36. The molecule has 0 radical (unpaired) electrons. The third kappa shape index (κ3) is 4.02. The van der Waals surface area contributed by atoms with E-state index < -0.39 is 0 Å². The Kier molecular flexibility index (Phi) is 5.31. The third-order valence-corrected chi connectivity index (χ3v) is 4.95. The number of fused-ring (bicyclic) bond motifs is 1. The van der Waals surface area contributed by atoms with Crippen LogP contribution in [0, 0.1) is 0 Å². The Morgan fingerprint density at radius 3 is 2.76 bits per heavy atom. The Morgan fingerprint density at radius 2 is 2.10 bits per heavy atom. The molecule has 0 fully saturated rings. The van der Waals surface area contributed by atoms with Crippen molar-refractivity contribution in [3.63, 3.8) is 0 Å². The molecule has 1 heterocycles. The topological polar surface area (TPSA) is 45.2 Å². The van der Waals surface area contributed by atoms with Gasteiger partial charge in [-0.15, -0.1) is 11.3 Å². The second kappa shape index (κ2) is 7.00. The van der Waals surface area contributed by atoms with Crippen LogP contribution in [0.5, 0.6) is 0 Å². The van der Waals surface area contributed by atoms with E-state index in [1.54, 1.807) is 11.3 Å². The molecule has 21 heavy (non-hydrogen) atoms. The maximum atomic E-state index is 12.0. The Morgan fingerprint density at radius 1 is 1.38 bits per heavy atom. The number of nitrogens with zero attached hydrogens (tertiary/aromatic N) is 2. The number of thiazole rings is 1. The molecule has 0 aliphatic rings. The molecule has 0 aliphatic heterocycles. The van der Waals surface area contributed by atoms with E-state index >= 15 is 0 Å². The summed E-state index contributed by atoms with van der Waals surface area (Å²) in [5, 5.41) is 4.05. The lowest BCUT2D eigenvalue weighted by Crippen LogP contribution is -2.40. The molecule has 1 N–H and O–H groups in total. The van der Waals surface area contributed by atoms with Crippen molar-refractivity contribution in [2.24, 2.45) is 0 Å². The van der Waals surface area contributed by atoms with Gasteiger partial charge in [0.1, 0.15) is 5.01 Å². The second-order valence-electron chi connectivity index (χ2n) is 5.49. The van der Waals surface area contributed by atoms with Crippen molar-refractivity contribution in [1.29, 1.82) is 0 Å². The normalized spacial score (nSPS) is 14.3. The van der Waals surface area contributed by atoms with Gasteiger partial charge in [0.05, 0.1) is 22.8 Å². The summed E-state index contributed by atoms with van der Waals surface area (Å²) in [5.74, 6) is 0.0693. The van der Waals surface area contributed by atoms with Gasteiger partial charge in [-0.25, -0.2) is 4.98 Å². The molecule has 1 aromatic heterocycles. The molecule has 5 heteroatoms. The van der Waals surface area contributed by atoms with Crippen molar-refractivity contribution in [1.82, 2.24) is 15.2 Å². The first-order valence-corrected chi connectivity index (χ1v) is 8.18. The molecular formula is C16H23N3OS. The third-order valence-electron chi connectivity index (χ3n) is 3.74. The number of rotatable bonds is 6. The monoisotopic (exact) mass is 305 g/mol. The number of benzene rings is 1. The van der Waals surface area contributed by atoms with Crippen LogP contribution in [0.3, 0.4) is 0 Å². The first kappa shape index (κ1) is 15.9. The van der Waals surface area contributed by atoms with Gasteiger partial charge in [0, 0.05) is 6.04 Å². The van der Waals surface area contributed by atoms with E-state index in [1.807, 2.05) is 37.1 Å². The molecule has 4 nitrogen and oxygen atoms in total. The van der Waals surface area contributed by atoms with E-state index in [0.29, 0.717) is 6.54 Å². The number of para-hydroxylation sites is 1. The zero-order valence-electron chi connectivity index (χ0n) is 13.1. The lowest BCUT2D eigenvalue weighted by molar-refractivity contribution is -0.123. The van der Waals surface area contributed by atoms with E-state index in [1.165, 1.54) is 4.70 Å². The molecule has 114 valence electrons. The molecule has 1 amide bonds. The van der Waals surface area contributed by atoms with Crippen LogP contribution in [0.15, 0.2) is 24.3 Å². The SMILES string of the molecule is CC[C@@H](C)NC(=O)CN(C)[C@@H](C)c1nc2ccccc2s1. The van der Waals surface area contributed by atoms with Crippen LogP contribution in [0.25, 0.3) is 10.2 Å². The van der Waals surface area contributed by atoms with Crippen LogP contribution in [0.2, 0.25) is 0 Å². The molecule has 1 aromatic carbocycles. The highest BCUT2D eigenvalue weighted by Gasteiger charge is 2.18. The standard InChI is InChI=1S/C16H23N3OS/c1-5-11(2)17-15(20)10-19(4)12(3)16-18-13-8-6-7-9-14(13)21-16/h6-9,11-12H,5,10H2,1-4H3,(H,17,20)/t11-,12+/m1/s1. The van der Waals surface area contributed by atoms with Crippen molar-refractivity contribution in [2.75, 3.05) is 13.6 Å². The number of hydrogen-bond acceptors (Lipinski definition) is 4. The summed E-state index contributed by atoms with van der Waals surface area (Å²) >= 11 is 1.69. The Labute approximate surface area is 130 Å². The number of carbonyl (C=O) groups is 1. The number of carbonyl (C=O) groups excluding carboxylic acids is 1. The summed E-state index contributed by atoms with van der Waals surface area (Å²) in [5.41, 5.74) is 1.03. The maximum absolute atomic E-state index is 12.0. The van der Waals surface area contributed by atoms with Crippen LogP contribution < -0.4 is 5.32 Å². The minimum Gasteiger partial charge on any atom is -0.353 e. The minimum absolute atomic E-state index is 0.0693. The molecule has 0 unspecified atom stereocenters. The van der Waals surface area contributed by atoms with Gasteiger partial charge in [0.15, 0.2) is 0 Å². The average molecular weight is 305 g/mol.